The standard InChI is InChI=1S/C23H21NS/c1-23(2,3)14-9-10-15-17-11-12-18-16-7-5-6-8-20(16)25-22(18)21(17)24(4)19(15)13-14/h5-13H,1-4H3. The lowest BCUT2D eigenvalue weighted by molar-refractivity contribution is 0.591. The number of nitrogens with zero attached hydrogens (tertiary/aromatic N) is 1. The van der Waals surface area contributed by atoms with Gasteiger partial charge in [-0.25, -0.2) is 0 Å². The molecular weight excluding hydrogens is 322 g/mol. The lowest BCUT2D eigenvalue weighted by Gasteiger charge is -2.19. The third-order valence-corrected chi connectivity index (χ3v) is 6.56. The maximum atomic E-state index is 2.39. The van der Waals surface area contributed by atoms with Crippen molar-refractivity contribution in [2.24, 2.45) is 7.05 Å². The van der Waals surface area contributed by atoms with Gasteiger partial charge in [-0.1, -0.05) is 63.2 Å². The van der Waals surface area contributed by atoms with Crippen molar-refractivity contribution in [1.29, 1.82) is 0 Å². The van der Waals surface area contributed by atoms with Gasteiger partial charge in [0, 0.05) is 38.8 Å². The number of fused-ring (bicyclic) bond motifs is 7. The van der Waals surface area contributed by atoms with Crippen LogP contribution in [0.15, 0.2) is 54.6 Å². The normalized spacial score (nSPS) is 12.8. The van der Waals surface area contributed by atoms with Crippen molar-refractivity contribution in [3.8, 4) is 0 Å². The molecule has 1 nitrogen and oxygen atoms in total. The number of aromatic nitrogens is 1. The number of benzene rings is 3. The van der Waals surface area contributed by atoms with Crippen molar-refractivity contribution in [3.05, 3.63) is 60.2 Å². The summed E-state index contributed by atoms with van der Waals surface area (Å²) >= 11 is 1.91. The second-order valence-corrected chi connectivity index (χ2v) is 9.03. The minimum atomic E-state index is 0.164. The van der Waals surface area contributed by atoms with Crippen LogP contribution in [0.2, 0.25) is 0 Å². The summed E-state index contributed by atoms with van der Waals surface area (Å²) in [5, 5.41) is 5.45. The van der Waals surface area contributed by atoms with E-state index in [1.165, 1.54) is 47.5 Å². The molecule has 0 unspecified atom stereocenters. The molecule has 3 aromatic carbocycles. The zero-order valence-electron chi connectivity index (χ0n) is 15.1. The fraction of sp³-hybridized carbons (Fsp3) is 0.217. The number of hydrogen-bond donors (Lipinski definition) is 0. The molecule has 0 amide bonds. The first kappa shape index (κ1) is 15.0. The smallest absolute Gasteiger partial charge is 0.0670 e. The van der Waals surface area contributed by atoms with E-state index < -0.39 is 0 Å². The van der Waals surface area contributed by atoms with Crippen LogP contribution >= 0.6 is 11.3 Å². The van der Waals surface area contributed by atoms with E-state index in [2.05, 4.69) is 87.0 Å². The predicted octanol–water partition coefficient (Wildman–Crippen LogP) is 7.00. The minimum Gasteiger partial charge on any atom is -0.342 e. The van der Waals surface area contributed by atoms with Gasteiger partial charge in [-0.3, -0.25) is 0 Å². The highest BCUT2D eigenvalue weighted by Crippen LogP contribution is 2.41. The van der Waals surface area contributed by atoms with Gasteiger partial charge < -0.3 is 4.57 Å². The minimum absolute atomic E-state index is 0.164. The molecule has 0 N–H and O–H groups in total. The van der Waals surface area contributed by atoms with Gasteiger partial charge >= 0.3 is 0 Å². The van der Waals surface area contributed by atoms with Gasteiger partial charge in [0.2, 0.25) is 0 Å². The van der Waals surface area contributed by atoms with Gasteiger partial charge in [-0.2, -0.15) is 0 Å². The molecule has 0 bridgehead atoms. The van der Waals surface area contributed by atoms with E-state index in [0.717, 1.165) is 0 Å². The molecule has 0 aliphatic rings. The fourth-order valence-electron chi connectivity index (χ4n) is 3.95. The molecule has 0 radical (unpaired) electrons. The van der Waals surface area contributed by atoms with E-state index in [1.54, 1.807) is 0 Å². The highest BCUT2D eigenvalue weighted by atomic mass is 32.1. The van der Waals surface area contributed by atoms with Crippen LogP contribution in [0.1, 0.15) is 26.3 Å². The molecule has 0 aliphatic heterocycles. The monoisotopic (exact) mass is 343 g/mol. The summed E-state index contributed by atoms with van der Waals surface area (Å²) in [5.41, 5.74) is 4.24. The Morgan fingerprint density at radius 3 is 2.32 bits per heavy atom. The molecule has 2 aromatic heterocycles. The van der Waals surface area contributed by atoms with Crippen LogP contribution in [-0.4, -0.2) is 4.57 Å². The van der Waals surface area contributed by atoms with Gasteiger partial charge in [0.15, 0.2) is 0 Å². The summed E-state index contributed by atoms with van der Waals surface area (Å²) in [5.74, 6) is 0. The maximum absolute atomic E-state index is 2.39. The van der Waals surface area contributed by atoms with Crippen LogP contribution < -0.4 is 0 Å². The number of hydrogen-bond acceptors (Lipinski definition) is 1. The van der Waals surface area contributed by atoms with E-state index in [0.29, 0.717) is 0 Å². The summed E-state index contributed by atoms with van der Waals surface area (Å²) in [6.45, 7) is 6.84. The molecule has 25 heavy (non-hydrogen) atoms. The molecule has 2 heterocycles. The van der Waals surface area contributed by atoms with Crippen LogP contribution in [-0.2, 0) is 12.5 Å². The highest BCUT2D eigenvalue weighted by molar-refractivity contribution is 7.26. The molecule has 5 rings (SSSR count). The summed E-state index contributed by atoms with van der Waals surface area (Å²) in [4.78, 5) is 0. The van der Waals surface area contributed by atoms with E-state index in [9.17, 15) is 0 Å². The van der Waals surface area contributed by atoms with Crippen LogP contribution in [0.5, 0.6) is 0 Å². The lowest BCUT2D eigenvalue weighted by Crippen LogP contribution is -2.10. The van der Waals surface area contributed by atoms with Crippen molar-refractivity contribution in [2.45, 2.75) is 26.2 Å². The van der Waals surface area contributed by atoms with Crippen molar-refractivity contribution in [1.82, 2.24) is 4.57 Å². The van der Waals surface area contributed by atoms with E-state index in [-0.39, 0.29) is 5.41 Å². The Bertz CT molecular complexity index is 1280. The molecule has 0 aliphatic carbocycles. The molecular formula is C23H21NS. The van der Waals surface area contributed by atoms with Crippen molar-refractivity contribution < 1.29 is 0 Å². The lowest BCUT2D eigenvalue weighted by atomic mass is 9.86. The Balaban J connectivity index is 1.97. The molecule has 0 saturated heterocycles. The molecule has 2 heteroatoms. The van der Waals surface area contributed by atoms with E-state index in [4.69, 9.17) is 0 Å². The molecule has 5 aromatic rings. The third-order valence-electron chi connectivity index (χ3n) is 5.37. The average Bonchev–Trinajstić information content (AvgIpc) is 3.10. The first-order valence-corrected chi connectivity index (χ1v) is 9.60. The SMILES string of the molecule is Cn1c2cc(C(C)(C)C)ccc2c2ccc3c4ccccc4sc3c21. The number of thiophene rings is 1. The Labute approximate surface area is 151 Å². The summed E-state index contributed by atoms with van der Waals surface area (Å²) in [6.07, 6.45) is 0. The van der Waals surface area contributed by atoms with Crippen LogP contribution in [0.4, 0.5) is 0 Å². The topological polar surface area (TPSA) is 4.93 Å². The number of rotatable bonds is 0. The fourth-order valence-corrected chi connectivity index (χ4v) is 5.23. The van der Waals surface area contributed by atoms with Gasteiger partial charge in [0.1, 0.15) is 0 Å². The molecule has 124 valence electrons. The molecule has 0 saturated carbocycles. The maximum Gasteiger partial charge on any atom is 0.0670 e. The van der Waals surface area contributed by atoms with Crippen LogP contribution in [0.3, 0.4) is 0 Å². The molecule has 0 atom stereocenters. The average molecular weight is 343 g/mol. The van der Waals surface area contributed by atoms with Crippen LogP contribution in [0, 0.1) is 0 Å². The first-order valence-electron chi connectivity index (χ1n) is 8.78. The van der Waals surface area contributed by atoms with Crippen LogP contribution in [0.25, 0.3) is 42.0 Å². The summed E-state index contributed by atoms with van der Waals surface area (Å²) in [6, 6.07) is 20.3. The van der Waals surface area contributed by atoms with Crippen molar-refractivity contribution in [2.75, 3.05) is 0 Å². The van der Waals surface area contributed by atoms with Crippen molar-refractivity contribution in [3.63, 3.8) is 0 Å². The highest BCUT2D eigenvalue weighted by Gasteiger charge is 2.18. The number of aryl methyl sites for hydroxylation is 1. The van der Waals surface area contributed by atoms with E-state index in [1.807, 2.05) is 11.3 Å². The quantitative estimate of drug-likeness (QED) is 0.285. The second-order valence-electron chi connectivity index (χ2n) is 7.98. The Kier molecular flexibility index (Phi) is 2.91. The summed E-state index contributed by atoms with van der Waals surface area (Å²) < 4.78 is 5.15. The zero-order valence-corrected chi connectivity index (χ0v) is 15.9. The van der Waals surface area contributed by atoms with E-state index >= 15 is 0 Å². The van der Waals surface area contributed by atoms with Gasteiger partial charge in [0.05, 0.1) is 10.2 Å². The van der Waals surface area contributed by atoms with Crippen molar-refractivity contribution >= 4 is 53.3 Å². The van der Waals surface area contributed by atoms with Gasteiger partial charge in [0.25, 0.3) is 0 Å². The Morgan fingerprint density at radius 2 is 1.52 bits per heavy atom. The Morgan fingerprint density at radius 1 is 0.800 bits per heavy atom. The largest absolute Gasteiger partial charge is 0.342 e. The molecule has 0 fully saturated rings. The molecule has 0 spiro atoms. The third kappa shape index (κ3) is 2.01. The second kappa shape index (κ2) is 4.86. The first-order chi connectivity index (χ1) is 11.9. The van der Waals surface area contributed by atoms with Gasteiger partial charge in [-0.05, 0) is 23.1 Å². The Hall–Kier alpha value is -2.32. The van der Waals surface area contributed by atoms with Gasteiger partial charge in [-0.15, -0.1) is 11.3 Å². The predicted molar refractivity (Wildman–Crippen MR) is 112 cm³/mol. The summed E-state index contributed by atoms with van der Waals surface area (Å²) in [7, 11) is 2.21. The zero-order chi connectivity index (χ0) is 17.3.